The summed E-state index contributed by atoms with van der Waals surface area (Å²) in [6.45, 7) is 6.31. The van der Waals surface area contributed by atoms with Gasteiger partial charge in [0.1, 0.15) is 0 Å². The van der Waals surface area contributed by atoms with Gasteiger partial charge in [-0.1, -0.05) is 13.3 Å². The molecule has 16 heavy (non-hydrogen) atoms. The van der Waals surface area contributed by atoms with Crippen molar-refractivity contribution in [2.24, 2.45) is 17.6 Å². The van der Waals surface area contributed by atoms with Crippen LogP contribution in [0.25, 0.3) is 0 Å². The molecular weight excluding hydrogens is 200 g/mol. The van der Waals surface area contributed by atoms with E-state index >= 15 is 0 Å². The molecule has 2 N–H and O–H groups in total. The van der Waals surface area contributed by atoms with Gasteiger partial charge in [0.2, 0.25) is 0 Å². The Morgan fingerprint density at radius 3 is 2.56 bits per heavy atom. The molecule has 1 aliphatic heterocycles. The minimum absolute atomic E-state index is 0.151. The van der Waals surface area contributed by atoms with E-state index in [4.69, 9.17) is 10.5 Å². The van der Waals surface area contributed by atoms with Crippen molar-refractivity contribution in [1.82, 2.24) is 4.90 Å². The molecule has 1 aliphatic carbocycles. The highest BCUT2D eigenvalue weighted by atomic mass is 16.5. The summed E-state index contributed by atoms with van der Waals surface area (Å²) >= 11 is 0. The Labute approximate surface area is 99.3 Å². The highest BCUT2D eigenvalue weighted by Crippen LogP contribution is 2.44. The Bertz CT molecular complexity index is 230. The first-order chi connectivity index (χ1) is 7.76. The fourth-order valence-electron chi connectivity index (χ4n) is 3.26. The van der Waals surface area contributed by atoms with E-state index in [1.807, 2.05) is 0 Å². The first kappa shape index (κ1) is 12.3. The third-order valence-electron chi connectivity index (χ3n) is 4.58. The second kappa shape index (κ2) is 5.03. The van der Waals surface area contributed by atoms with E-state index in [1.54, 1.807) is 7.11 Å². The second-order valence-corrected chi connectivity index (χ2v) is 5.52. The van der Waals surface area contributed by atoms with Gasteiger partial charge in [0.05, 0.1) is 12.1 Å². The average molecular weight is 226 g/mol. The number of hydrogen-bond donors (Lipinski definition) is 1. The SMILES string of the molecule is CCC1CCN(C(CN)(COC)C2CC2)C1. The van der Waals surface area contributed by atoms with Crippen molar-refractivity contribution in [3.05, 3.63) is 0 Å². The minimum Gasteiger partial charge on any atom is -0.383 e. The van der Waals surface area contributed by atoms with Crippen LogP contribution in [0, 0.1) is 11.8 Å². The Balaban J connectivity index is 2.06. The quantitative estimate of drug-likeness (QED) is 0.745. The Hall–Kier alpha value is -0.120. The van der Waals surface area contributed by atoms with E-state index in [0.29, 0.717) is 0 Å². The Morgan fingerprint density at radius 1 is 1.38 bits per heavy atom. The molecule has 2 atom stereocenters. The number of ether oxygens (including phenoxy) is 1. The van der Waals surface area contributed by atoms with E-state index in [1.165, 1.54) is 38.8 Å². The zero-order valence-electron chi connectivity index (χ0n) is 10.7. The molecule has 94 valence electrons. The van der Waals surface area contributed by atoms with Crippen LogP contribution in [0.4, 0.5) is 0 Å². The number of hydrogen-bond acceptors (Lipinski definition) is 3. The van der Waals surface area contributed by atoms with Crippen LogP contribution in [-0.2, 0) is 4.74 Å². The largest absolute Gasteiger partial charge is 0.383 e. The first-order valence-corrected chi connectivity index (χ1v) is 6.71. The summed E-state index contributed by atoms with van der Waals surface area (Å²) in [6.07, 6.45) is 5.32. The highest BCUT2D eigenvalue weighted by Gasteiger charge is 2.49. The summed E-state index contributed by atoms with van der Waals surface area (Å²) in [6, 6.07) is 0. The maximum Gasteiger partial charge on any atom is 0.0661 e. The molecule has 2 unspecified atom stereocenters. The molecule has 3 heteroatoms. The van der Waals surface area contributed by atoms with Crippen LogP contribution < -0.4 is 5.73 Å². The summed E-state index contributed by atoms with van der Waals surface area (Å²) in [5, 5.41) is 0. The van der Waals surface area contributed by atoms with Crippen LogP contribution in [0.1, 0.15) is 32.6 Å². The van der Waals surface area contributed by atoms with Crippen LogP contribution in [0.2, 0.25) is 0 Å². The van der Waals surface area contributed by atoms with Gasteiger partial charge >= 0.3 is 0 Å². The molecule has 0 radical (unpaired) electrons. The Kier molecular flexibility index (Phi) is 3.88. The summed E-state index contributed by atoms with van der Waals surface area (Å²) in [5.74, 6) is 1.66. The van der Waals surface area contributed by atoms with Gasteiger partial charge in [0.15, 0.2) is 0 Å². The standard InChI is InChI=1S/C13H26N2O/c1-3-11-6-7-15(8-11)13(9-14,10-16-2)12-4-5-12/h11-12H,3-10,14H2,1-2H3. The minimum atomic E-state index is 0.151. The van der Waals surface area contributed by atoms with E-state index in [0.717, 1.165) is 25.0 Å². The van der Waals surface area contributed by atoms with Gasteiger partial charge in [-0.25, -0.2) is 0 Å². The van der Waals surface area contributed by atoms with Crippen LogP contribution >= 0.6 is 0 Å². The van der Waals surface area contributed by atoms with Gasteiger partial charge in [-0.05, 0) is 37.6 Å². The zero-order chi connectivity index (χ0) is 11.6. The fourth-order valence-corrected chi connectivity index (χ4v) is 3.26. The lowest BCUT2D eigenvalue weighted by atomic mass is 9.92. The molecular formula is C13H26N2O. The topological polar surface area (TPSA) is 38.5 Å². The van der Waals surface area contributed by atoms with Gasteiger partial charge in [-0.15, -0.1) is 0 Å². The summed E-state index contributed by atoms with van der Waals surface area (Å²) in [4.78, 5) is 2.63. The third-order valence-corrected chi connectivity index (χ3v) is 4.58. The fraction of sp³-hybridized carbons (Fsp3) is 1.00. The van der Waals surface area contributed by atoms with Crippen molar-refractivity contribution in [2.45, 2.75) is 38.1 Å². The van der Waals surface area contributed by atoms with Crippen molar-refractivity contribution in [3.63, 3.8) is 0 Å². The van der Waals surface area contributed by atoms with Gasteiger partial charge in [0, 0.05) is 20.2 Å². The smallest absolute Gasteiger partial charge is 0.0661 e. The molecule has 0 aromatic carbocycles. The molecule has 0 aromatic heterocycles. The van der Waals surface area contributed by atoms with Gasteiger partial charge in [-0.3, -0.25) is 4.90 Å². The van der Waals surface area contributed by atoms with E-state index < -0.39 is 0 Å². The van der Waals surface area contributed by atoms with Gasteiger partial charge < -0.3 is 10.5 Å². The lowest BCUT2D eigenvalue weighted by Crippen LogP contribution is -2.57. The maximum absolute atomic E-state index is 6.08. The average Bonchev–Trinajstić information content (AvgIpc) is 3.04. The predicted octanol–water partition coefficient (Wildman–Crippen LogP) is 1.47. The number of likely N-dealkylation sites (tertiary alicyclic amines) is 1. The molecule has 0 spiro atoms. The lowest BCUT2D eigenvalue weighted by molar-refractivity contribution is 0.0112. The number of nitrogens with zero attached hydrogens (tertiary/aromatic N) is 1. The van der Waals surface area contributed by atoms with Crippen molar-refractivity contribution in [3.8, 4) is 0 Å². The first-order valence-electron chi connectivity index (χ1n) is 6.71. The van der Waals surface area contributed by atoms with Crippen LogP contribution in [0.15, 0.2) is 0 Å². The Morgan fingerprint density at radius 2 is 2.12 bits per heavy atom. The molecule has 0 amide bonds. The van der Waals surface area contributed by atoms with Crippen molar-refractivity contribution >= 4 is 0 Å². The van der Waals surface area contributed by atoms with E-state index in [-0.39, 0.29) is 5.54 Å². The number of rotatable bonds is 6. The van der Waals surface area contributed by atoms with Crippen LogP contribution in [0.3, 0.4) is 0 Å². The van der Waals surface area contributed by atoms with E-state index in [2.05, 4.69) is 11.8 Å². The summed E-state index contributed by atoms with van der Waals surface area (Å²) in [5.41, 5.74) is 6.23. The van der Waals surface area contributed by atoms with E-state index in [9.17, 15) is 0 Å². The van der Waals surface area contributed by atoms with Crippen molar-refractivity contribution in [2.75, 3.05) is 33.4 Å². The molecule has 1 saturated carbocycles. The van der Waals surface area contributed by atoms with Gasteiger partial charge in [0.25, 0.3) is 0 Å². The zero-order valence-corrected chi connectivity index (χ0v) is 10.7. The second-order valence-electron chi connectivity index (χ2n) is 5.52. The molecule has 3 nitrogen and oxygen atoms in total. The van der Waals surface area contributed by atoms with Gasteiger partial charge in [-0.2, -0.15) is 0 Å². The van der Waals surface area contributed by atoms with Crippen molar-refractivity contribution < 1.29 is 4.74 Å². The maximum atomic E-state index is 6.08. The third kappa shape index (κ3) is 2.13. The normalized spacial score (nSPS) is 30.6. The molecule has 0 bridgehead atoms. The molecule has 1 heterocycles. The summed E-state index contributed by atoms with van der Waals surface area (Å²) < 4.78 is 5.46. The molecule has 2 aliphatic rings. The molecule has 0 aromatic rings. The molecule has 2 rings (SSSR count). The van der Waals surface area contributed by atoms with Crippen LogP contribution in [-0.4, -0.2) is 43.8 Å². The lowest BCUT2D eigenvalue weighted by Gasteiger charge is -2.41. The number of nitrogens with two attached hydrogens (primary N) is 1. The molecule has 2 fully saturated rings. The number of methoxy groups -OCH3 is 1. The van der Waals surface area contributed by atoms with Crippen LogP contribution in [0.5, 0.6) is 0 Å². The monoisotopic (exact) mass is 226 g/mol. The predicted molar refractivity (Wildman–Crippen MR) is 66.4 cm³/mol. The summed E-state index contributed by atoms with van der Waals surface area (Å²) in [7, 11) is 1.81. The molecule has 1 saturated heterocycles. The van der Waals surface area contributed by atoms with Crippen molar-refractivity contribution in [1.29, 1.82) is 0 Å². The highest BCUT2D eigenvalue weighted by molar-refractivity contribution is 5.05.